The first-order chi connectivity index (χ1) is 10.1. The largest absolute Gasteiger partial charge is 0.458 e. The van der Waals surface area contributed by atoms with E-state index in [-0.39, 0.29) is 6.54 Å². The summed E-state index contributed by atoms with van der Waals surface area (Å²) >= 11 is 1.39. The molecule has 21 heavy (non-hydrogen) atoms. The minimum atomic E-state index is -0.598. The van der Waals surface area contributed by atoms with Gasteiger partial charge in [0.25, 0.3) is 0 Å². The molecule has 0 aromatic carbocycles. The number of nitrogens with zero attached hydrogens (tertiary/aromatic N) is 2. The average Bonchev–Trinajstić information content (AvgIpc) is 3.05. The maximum Gasteiger partial charge on any atom is 0.312 e. The second-order valence-corrected chi connectivity index (χ2v) is 4.86. The fourth-order valence-electron chi connectivity index (χ4n) is 1.55. The zero-order valence-corrected chi connectivity index (χ0v) is 12.2. The molecule has 2 aromatic heterocycles. The molecule has 0 atom stereocenters. The Kier molecular flexibility index (Phi) is 4.77. The van der Waals surface area contributed by atoms with Crippen molar-refractivity contribution in [2.75, 3.05) is 11.9 Å². The number of aliphatic imine (C=N–C) groups is 1. The minimum Gasteiger partial charge on any atom is -0.458 e. The molecule has 0 bridgehead atoms. The second kappa shape index (κ2) is 6.75. The maximum atomic E-state index is 10.6. The van der Waals surface area contributed by atoms with Gasteiger partial charge in [-0.05, 0) is 19.1 Å². The predicted molar refractivity (Wildman–Crippen MR) is 82.0 cm³/mol. The lowest BCUT2D eigenvalue weighted by Gasteiger charge is -1.99. The van der Waals surface area contributed by atoms with Crippen LogP contribution in [0.5, 0.6) is 0 Å². The van der Waals surface area contributed by atoms with E-state index in [1.54, 1.807) is 12.1 Å². The van der Waals surface area contributed by atoms with E-state index in [4.69, 9.17) is 15.9 Å². The number of nitrogens with two attached hydrogens (primary N) is 2. The Labute approximate surface area is 125 Å². The summed E-state index contributed by atoms with van der Waals surface area (Å²) in [7, 11) is 0. The van der Waals surface area contributed by atoms with E-state index in [1.807, 2.05) is 12.3 Å². The second-order valence-electron chi connectivity index (χ2n) is 4.01. The summed E-state index contributed by atoms with van der Waals surface area (Å²) in [5.41, 5.74) is 11.3. The molecular formula is C12H16N6O2S. The SMILES string of the molecule is CCN=C(N)Nc1nc(-c2ccc(CNC(N)=O)o2)cs1. The van der Waals surface area contributed by atoms with Gasteiger partial charge < -0.3 is 26.5 Å². The number of hydrogen-bond acceptors (Lipinski definition) is 5. The van der Waals surface area contributed by atoms with Gasteiger partial charge >= 0.3 is 6.03 Å². The molecule has 2 amide bonds. The van der Waals surface area contributed by atoms with Crippen molar-refractivity contribution in [1.82, 2.24) is 10.3 Å². The third-order valence-electron chi connectivity index (χ3n) is 2.42. The fraction of sp³-hybridized carbons (Fsp3) is 0.250. The van der Waals surface area contributed by atoms with Gasteiger partial charge in [-0.3, -0.25) is 4.99 Å². The molecule has 9 heteroatoms. The third-order valence-corrected chi connectivity index (χ3v) is 3.18. The van der Waals surface area contributed by atoms with Gasteiger partial charge in [0.1, 0.15) is 11.5 Å². The molecule has 0 spiro atoms. The zero-order valence-electron chi connectivity index (χ0n) is 11.4. The smallest absolute Gasteiger partial charge is 0.312 e. The normalized spacial score (nSPS) is 11.4. The lowest BCUT2D eigenvalue weighted by Crippen LogP contribution is -2.28. The Bertz CT molecular complexity index is 648. The molecule has 0 saturated carbocycles. The number of primary amides is 1. The lowest BCUT2D eigenvalue weighted by atomic mass is 10.3. The summed E-state index contributed by atoms with van der Waals surface area (Å²) in [6.45, 7) is 2.73. The number of carbonyl (C=O) groups is 1. The Hall–Kier alpha value is -2.55. The monoisotopic (exact) mass is 308 g/mol. The van der Waals surface area contributed by atoms with E-state index in [0.717, 1.165) is 0 Å². The van der Waals surface area contributed by atoms with Gasteiger partial charge in [-0.1, -0.05) is 0 Å². The van der Waals surface area contributed by atoms with Crippen molar-refractivity contribution in [3.63, 3.8) is 0 Å². The molecule has 2 aromatic rings. The number of hydrogen-bond donors (Lipinski definition) is 4. The molecule has 0 radical (unpaired) electrons. The van der Waals surface area contributed by atoms with Crippen molar-refractivity contribution in [3.05, 3.63) is 23.3 Å². The summed E-state index contributed by atoms with van der Waals surface area (Å²) in [6.07, 6.45) is 0. The summed E-state index contributed by atoms with van der Waals surface area (Å²) in [5.74, 6) is 1.52. The molecule has 0 saturated heterocycles. The highest BCUT2D eigenvalue weighted by molar-refractivity contribution is 7.14. The molecule has 0 unspecified atom stereocenters. The van der Waals surface area contributed by atoms with Crippen LogP contribution in [0.3, 0.4) is 0 Å². The molecule has 6 N–H and O–H groups in total. The van der Waals surface area contributed by atoms with Gasteiger partial charge in [0.2, 0.25) is 0 Å². The van der Waals surface area contributed by atoms with Crippen LogP contribution >= 0.6 is 11.3 Å². The minimum absolute atomic E-state index is 0.237. The number of rotatable bonds is 5. The van der Waals surface area contributed by atoms with Gasteiger partial charge in [-0.25, -0.2) is 9.78 Å². The van der Waals surface area contributed by atoms with Crippen LogP contribution < -0.4 is 22.1 Å². The van der Waals surface area contributed by atoms with Gasteiger partial charge in [0.05, 0.1) is 6.54 Å². The molecule has 2 heterocycles. The van der Waals surface area contributed by atoms with Gasteiger partial charge in [-0.2, -0.15) is 0 Å². The molecule has 0 fully saturated rings. The van der Waals surface area contributed by atoms with Crippen molar-refractivity contribution < 1.29 is 9.21 Å². The highest BCUT2D eigenvalue weighted by Crippen LogP contribution is 2.26. The fourth-order valence-corrected chi connectivity index (χ4v) is 2.26. The number of guanidine groups is 1. The van der Waals surface area contributed by atoms with E-state index >= 15 is 0 Å². The van der Waals surface area contributed by atoms with Crippen molar-refractivity contribution >= 4 is 28.5 Å². The van der Waals surface area contributed by atoms with Crippen molar-refractivity contribution in [3.8, 4) is 11.5 Å². The Morgan fingerprint density at radius 1 is 1.48 bits per heavy atom. The first kappa shape index (κ1) is 14.9. The maximum absolute atomic E-state index is 10.6. The summed E-state index contributed by atoms with van der Waals surface area (Å²) in [4.78, 5) is 19.0. The van der Waals surface area contributed by atoms with Crippen LogP contribution in [-0.2, 0) is 6.54 Å². The zero-order chi connectivity index (χ0) is 15.2. The van der Waals surface area contributed by atoms with E-state index < -0.39 is 6.03 Å². The van der Waals surface area contributed by atoms with Crippen LogP contribution in [0.15, 0.2) is 26.9 Å². The van der Waals surface area contributed by atoms with Crippen LogP contribution in [0.25, 0.3) is 11.5 Å². The number of carbonyl (C=O) groups excluding carboxylic acids is 1. The molecule has 2 rings (SSSR count). The molecule has 8 nitrogen and oxygen atoms in total. The highest BCUT2D eigenvalue weighted by atomic mass is 32.1. The van der Waals surface area contributed by atoms with Crippen molar-refractivity contribution in [2.45, 2.75) is 13.5 Å². The third kappa shape index (κ3) is 4.21. The number of urea groups is 1. The highest BCUT2D eigenvalue weighted by Gasteiger charge is 2.10. The first-order valence-corrected chi connectivity index (χ1v) is 7.11. The van der Waals surface area contributed by atoms with Crippen LogP contribution in [0.2, 0.25) is 0 Å². The van der Waals surface area contributed by atoms with Crippen molar-refractivity contribution in [1.29, 1.82) is 0 Å². The van der Waals surface area contributed by atoms with Gasteiger partial charge in [0.15, 0.2) is 16.9 Å². The molecule has 0 aliphatic carbocycles. The number of anilines is 1. The quantitative estimate of drug-likeness (QED) is 0.488. The average molecular weight is 308 g/mol. The molecular weight excluding hydrogens is 292 g/mol. The first-order valence-electron chi connectivity index (χ1n) is 6.23. The number of aromatic nitrogens is 1. The number of nitrogens with one attached hydrogen (secondary N) is 2. The van der Waals surface area contributed by atoms with Crippen LogP contribution in [0.1, 0.15) is 12.7 Å². The predicted octanol–water partition coefficient (Wildman–Crippen LogP) is 1.32. The molecule has 0 aliphatic rings. The topological polar surface area (TPSA) is 132 Å². The van der Waals surface area contributed by atoms with E-state index in [9.17, 15) is 4.79 Å². The number of amides is 2. The van der Waals surface area contributed by atoms with Crippen LogP contribution in [-0.4, -0.2) is 23.5 Å². The Balaban J connectivity index is 2.04. The number of thiazole rings is 1. The molecule has 112 valence electrons. The van der Waals surface area contributed by atoms with Crippen LogP contribution in [0.4, 0.5) is 9.93 Å². The summed E-state index contributed by atoms with van der Waals surface area (Å²) in [5, 5.41) is 7.83. The summed E-state index contributed by atoms with van der Waals surface area (Å²) < 4.78 is 5.57. The van der Waals surface area contributed by atoms with Gasteiger partial charge in [-0.15, -0.1) is 11.3 Å². The lowest BCUT2D eigenvalue weighted by molar-refractivity contribution is 0.247. The summed E-state index contributed by atoms with van der Waals surface area (Å²) in [6, 6.07) is 2.93. The van der Waals surface area contributed by atoms with E-state index in [2.05, 4.69) is 20.6 Å². The van der Waals surface area contributed by atoms with Gasteiger partial charge in [0, 0.05) is 11.9 Å². The van der Waals surface area contributed by atoms with Crippen molar-refractivity contribution in [2.24, 2.45) is 16.5 Å². The standard InChI is InChI=1S/C12H16N6O2S/c1-2-15-10(13)18-12-17-8(6-21-12)9-4-3-7(20-9)5-16-11(14)19/h3-4,6H,2,5H2,1H3,(H3,14,16,19)(H3,13,15,17,18). The Morgan fingerprint density at radius 3 is 3.00 bits per heavy atom. The Morgan fingerprint density at radius 2 is 2.29 bits per heavy atom. The molecule has 0 aliphatic heterocycles. The van der Waals surface area contributed by atoms with E-state index in [0.29, 0.717) is 34.9 Å². The van der Waals surface area contributed by atoms with Crippen LogP contribution in [0, 0.1) is 0 Å². The van der Waals surface area contributed by atoms with E-state index in [1.165, 1.54) is 11.3 Å². The number of furan rings is 1.